The van der Waals surface area contributed by atoms with Gasteiger partial charge in [0.1, 0.15) is 11.6 Å². The number of hydrogen-bond acceptors (Lipinski definition) is 5. The minimum Gasteiger partial charge on any atom is -0.423 e. The van der Waals surface area contributed by atoms with Crippen LogP contribution in [0.1, 0.15) is 13.3 Å². The van der Waals surface area contributed by atoms with Gasteiger partial charge < -0.3 is 20.0 Å². The van der Waals surface area contributed by atoms with Gasteiger partial charge in [-0.2, -0.15) is 0 Å². The fourth-order valence-electron chi connectivity index (χ4n) is 3.54. The van der Waals surface area contributed by atoms with E-state index < -0.39 is 23.5 Å². The molecule has 2 heterocycles. The Bertz CT molecular complexity index is 1200. The van der Waals surface area contributed by atoms with Crippen LogP contribution in [0, 0.1) is 5.92 Å². The van der Waals surface area contributed by atoms with Crippen LogP contribution in [-0.4, -0.2) is 30.3 Å². The molecule has 1 aliphatic heterocycles. The molecule has 3 aromatic rings. The van der Waals surface area contributed by atoms with Crippen molar-refractivity contribution in [2.45, 2.75) is 19.4 Å². The summed E-state index contributed by atoms with van der Waals surface area (Å²) in [5.74, 6) is -1.37. The van der Waals surface area contributed by atoms with E-state index in [0.717, 1.165) is 5.69 Å². The lowest BCUT2D eigenvalue weighted by atomic mass is 10.1. The normalized spacial score (nSPS) is 16.9. The predicted octanol–water partition coefficient (Wildman–Crippen LogP) is 2.29. The first-order valence-electron chi connectivity index (χ1n) is 9.91. The Balaban J connectivity index is 1.36. The Morgan fingerprint density at radius 3 is 2.61 bits per heavy atom. The second-order valence-corrected chi connectivity index (χ2v) is 7.47. The van der Waals surface area contributed by atoms with E-state index in [1.165, 1.54) is 6.07 Å². The minimum absolute atomic E-state index is 0.102. The SMILES string of the molecule is C[C@H](NC(=O)[C@H]1CC(=O)N(c2ccccc2)C1)C(=O)Nc1ccc2oc(=O)ccc2c1. The molecule has 2 atom stereocenters. The van der Waals surface area contributed by atoms with Crippen LogP contribution in [0.5, 0.6) is 0 Å². The lowest BCUT2D eigenvalue weighted by Gasteiger charge is -2.18. The van der Waals surface area contributed by atoms with Crippen LogP contribution >= 0.6 is 0 Å². The van der Waals surface area contributed by atoms with Crippen LogP contribution in [0.3, 0.4) is 0 Å². The number of nitrogens with zero attached hydrogens (tertiary/aromatic N) is 1. The van der Waals surface area contributed by atoms with Gasteiger partial charge >= 0.3 is 5.63 Å². The first kappa shape index (κ1) is 20.3. The quantitative estimate of drug-likeness (QED) is 0.617. The van der Waals surface area contributed by atoms with Crippen LogP contribution in [-0.2, 0) is 14.4 Å². The summed E-state index contributed by atoms with van der Waals surface area (Å²) < 4.78 is 5.07. The monoisotopic (exact) mass is 419 g/mol. The standard InChI is InChI=1S/C23H21N3O5/c1-14(22(29)25-17-8-9-19-15(11-17)7-10-21(28)31-19)24-23(30)16-12-20(27)26(13-16)18-5-3-2-4-6-18/h2-11,14,16H,12-13H2,1H3,(H,24,30)(H,25,29)/t14-,16-/m0/s1. The molecule has 1 fully saturated rings. The van der Waals surface area contributed by atoms with Gasteiger partial charge in [0, 0.05) is 35.8 Å². The van der Waals surface area contributed by atoms with E-state index in [9.17, 15) is 19.2 Å². The van der Waals surface area contributed by atoms with Gasteiger partial charge in [-0.1, -0.05) is 18.2 Å². The molecule has 0 aliphatic carbocycles. The Labute approximate surface area is 177 Å². The zero-order valence-electron chi connectivity index (χ0n) is 16.8. The number of anilines is 2. The Hall–Kier alpha value is -3.94. The van der Waals surface area contributed by atoms with Crippen LogP contribution < -0.4 is 21.2 Å². The molecule has 3 amide bonds. The molecule has 0 radical (unpaired) electrons. The summed E-state index contributed by atoms with van der Waals surface area (Å²) in [5, 5.41) is 6.09. The maximum atomic E-state index is 12.6. The van der Waals surface area contributed by atoms with Crippen molar-refractivity contribution < 1.29 is 18.8 Å². The van der Waals surface area contributed by atoms with Gasteiger partial charge in [-0.3, -0.25) is 14.4 Å². The van der Waals surface area contributed by atoms with Gasteiger partial charge in [-0.15, -0.1) is 0 Å². The van der Waals surface area contributed by atoms with Gasteiger partial charge in [0.2, 0.25) is 17.7 Å². The van der Waals surface area contributed by atoms with Crippen molar-refractivity contribution >= 4 is 40.1 Å². The second-order valence-electron chi connectivity index (χ2n) is 7.47. The molecular formula is C23H21N3O5. The third-order valence-corrected chi connectivity index (χ3v) is 5.20. The van der Waals surface area contributed by atoms with E-state index in [-0.39, 0.29) is 24.8 Å². The molecule has 2 aromatic carbocycles. The molecule has 8 nitrogen and oxygen atoms in total. The summed E-state index contributed by atoms with van der Waals surface area (Å²) in [6.45, 7) is 1.86. The van der Waals surface area contributed by atoms with Crippen molar-refractivity contribution in [3.05, 3.63) is 71.1 Å². The van der Waals surface area contributed by atoms with Crippen LogP contribution in [0.25, 0.3) is 11.0 Å². The van der Waals surface area contributed by atoms with E-state index in [0.29, 0.717) is 16.7 Å². The average Bonchev–Trinajstić information content (AvgIpc) is 3.16. The maximum Gasteiger partial charge on any atom is 0.336 e. The molecule has 0 spiro atoms. The zero-order valence-corrected chi connectivity index (χ0v) is 16.8. The highest BCUT2D eigenvalue weighted by atomic mass is 16.4. The number of amides is 3. The third-order valence-electron chi connectivity index (χ3n) is 5.20. The summed E-state index contributed by atoms with van der Waals surface area (Å²) in [6.07, 6.45) is 0.102. The Morgan fingerprint density at radius 1 is 1.06 bits per heavy atom. The summed E-state index contributed by atoms with van der Waals surface area (Å²) in [5.41, 5.74) is 1.23. The fourth-order valence-corrected chi connectivity index (χ4v) is 3.54. The molecule has 1 saturated heterocycles. The van der Waals surface area contributed by atoms with Gasteiger partial charge in [0.25, 0.3) is 0 Å². The van der Waals surface area contributed by atoms with E-state index in [2.05, 4.69) is 10.6 Å². The summed E-state index contributed by atoms with van der Waals surface area (Å²) in [4.78, 5) is 50.3. The Morgan fingerprint density at radius 2 is 1.84 bits per heavy atom. The second kappa shape index (κ2) is 8.43. The molecule has 0 saturated carbocycles. The summed E-state index contributed by atoms with van der Waals surface area (Å²) in [7, 11) is 0. The molecular weight excluding hydrogens is 398 g/mol. The first-order chi connectivity index (χ1) is 14.9. The lowest BCUT2D eigenvalue weighted by molar-refractivity contribution is -0.129. The summed E-state index contributed by atoms with van der Waals surface area (Å²) >= 11 is 0. The highest BCUT2D eigenvalue weighted by Crippen LogP contribution is 2.25. The van der Waals surface area contributed by atoms with Crippen molar-refractivity contribution in [1.82, 2.24) is 5.32 Å². The van der Waals surface area contributed by atoms with Crippen molar-refractivity contribution in [2.75, 3.05) is 16.8 Å². The van der Waals surface area contributed by atoms with Crippen LogP contribution in [0.2, 0.25) is 0 Å². The average molecular weight is 419 g/mol. The van der Waals surface area contributed by atoms with E-state index >= 15 is 0 Å². The van der Waals surface area contributed by atoms with Gasteiger partial charge in [-0.25, -0.2) is 4.79 Å². The van der Waals surface area contributed by atoms with Crippen LogP contribution in [0.4, 0.5) is 11.4 Å². The summed E-state index contributed by atoms with van der Waals surface area (Å²) in [6, 6.07) is 16.2. The molecule has 0 bridgehead atoms. The molecule has 1 aromatic heterocycles. The zero-order chi connectivity index (χ0) is 22.0. The van der Waals surface area contributed by atoms with E-state index in [4.69, 9.17) is 4.42 Å². The highest BCUT2D eigenvalue weighted by Gasteiger charge is 2.35. The van der Waals surface area contributed by atoms with Crippen molar-refractivity contribution in [1.29, 1.82) is 0 Å². The fraction of sp³-hybridized carbons (Fsp3) is 0.217. The number of para-hydroxylation sites is 1. The number of rotatable bonds is 5. The smallest absolute Gasteiger partial charge is 0.336 e. The van der Waals surface area contributed by atoms with Crippen molar-refractivity contribution in [2.24, 2.45) is 5.92 Å². The molecule has 0 unspecified atom stereocenters. The van der Waals surface area contributed by atoms with Crippen molar-refractivity contribution in [3.8, 4) is 0 Å². The first-order valence-corrected chi connectivity index (χ1v) is 9.91. The number of fused-ring (bicyclic) bond motifs is 1. The number of carbonyl (C=O) groups excluding carboxylic acids is 3. The lowest BCUT2D eigenvalue weighted by Crippen LogP contribution is -2.44. The molecule has 31 heavy (non-hydrogen) atoms. The van der Waals surface area contributed by atoms with E-state index in [1.54, 1.807) is 36.1 Å². The largest absolute Gasteiger partial charge is 0.423 e. The molecule has 8 heteroatoms. The third kappa shape index (κ3) is 4.48. The topological polar surface area (TPSA) is 109 Å². The Kier molecular flexibility index (Phi) is 5.53. The minimum atomic E-state index is -0.794. The number of benzene rings is 2. The molecule has 4 rings (SSSR count). The number of nitrogens with one attached hydrogen (secondary N) is 2. The number of carbonyl (C=O) groups is 3. The molecule has 2 N–H and O–H groups in total. The molecule has 1 aliphatic rings. The molecule has 158 valence electrons. The van der Waals surface area contributed by atoms with E-state index in [1.807, 2.05) is 30.3 Å². The van der Waals surface area contributed by atoms with Gasteiger partial charge in [0.05, 0.1) is 5.92 Å². The van der Waals surface area contributed by atoms with Crippen molar-refractivity contribution in [3.63, 3.8) is 0 Å². The van der Waals surface area contributed by atoms with Gasteiger partial charge in [-0.05, 0) is 43.3 Å². The maximum absolute atomic E-state index is 12.6. The predicted molar refractivity (Wildman–Crippen MR) is 116 cm³/mol. The highest BCUT2D eigenvalue weighted by molar-refractivity contribution is 6.02. The van der Waals surface area contributed by atoms with Crippen LogP contribution in [0.15, 0.2) is 69.9 Å². The van der Waals surface area contributed by atoms with Gasteiger partial charge in [0.15, 0.2) is 0 Å². The number of hydrogen-bond donors (Lipinski definition) is 2.